The third-order valence-corrected chi connectivity index (χ3v) is 2.39. The van der Waals surface area contributed by atoms with Gasteiger partial charge in [0.05, 0.1) is 22.2 Å². The predicted molar refractivity (Wildman–Crippen MR) is 65.3 cm³/mol. The van der Waals surface area contributed by atoms with Crippen LogP contribution >= 0.6 is 11.6 Å². The third kappa shape index (κ3) is 2.89. The minimum absolute atomic E-state index is 0.148. The molecule has 0 spiro atoms. The smallest absolute Gasteiger partial charge is 0.289 e. The number of halogens is 1. The zero-order chi connectivity index (χ0) is 13.0. The van der Waals surface area contributed by atoms with E-state index < -0.39 is 4.92 Å². The molecular weight excluding hydrogens is 258 g/mol. The molecule has 0 radical (unpaired) electrons. The number of nitro groups is 1. The van der Waals surface area contributed by atoms with Gasteiger partial charge in [0.15, 0.2) is 0 Å². The van der Waals surface area contributed by atoms with E-state index in [0.29, 0.717) is 18.1 Å². The van der Waals surface area contributed by atoms with Gasteiger partial charge < -0.3 is 5.32 Å². The van der Waals surface area contributed by atoms with Crippen LogP contribution in [0.5, 0.6) is 0 Å². The molecular formula is C10H8ClN5O2. The first kappa shape index (κ1) is 12.2. The topological polar surface area (TPSA) is 93.8 Å². The summed E-state index contributed by atoms with van der Waals surface area (Å²) in [6.45, 7) is 0.387. The Morgan fingerprint density at radius 3 is 2.94 bits per heavy atom. The van der Waals surface area contributed by atoms with Crippen molar-refractivity contribution in [3.63, 3.8) is 0 Å². The van der Waals surface area contributed by atoms with Crippen LogP contribution in [0, 0.1) is 10.1 Å². The molecule has 0 aromatic carbocycles. The molecule has 8 heteroatoms. The number of nitrogens with one attached hydrogen (secondary N) is 1. The molecule has 2 aromatic rings. The Hall–Kier alpha value is -2.28. The molecule has 0 saturated carbocycles. The average molecular weight is 266 g/mol. The van der Waals surface area contributed by atoms with Crippen LogP contribution in [-0.2, 0) is 6.54 Å². The van der Waals surface area contributed by atoms with Crippen LogP contribution in [0.3, 0.4) is 0 Å². The Morgan fingerprint density at radius 2 is 2.33 bits per heavy atom. The van der Waals surface area contributed by atoms with E-state index in [4.69, 9.17) is 11.6 Å². The molecule has 0 aliphatic carbocycles. The maximum Gasteiger partial charge on any atom is 0.289 e. The van der Waals surface area contributed by atoms with E-state index in [-0.39, 0.29) is 10.7 Å². The molecule has 0 bridgehead atoms. The van der Waals surface area contributed by atoms with Gasteiger partial charge in [-0.05, 0) is 12.1 Å². The Balaban J connectivity index is 2.08. The number of hydrogen-bond acceptors (Lipinski definition) is 6. The van der Waals surface area contributed by atoms with Crippen molar-refractivity contribution in [1.82, 2.24) is 15.2 Å². The van der Waals surface area contributed by atoms with Gasteiger partial charge in [0, 0.05) is 12.3 Å². The monoisotopic (exact) mass is 265 g/mol. The summed E-state index contributed by atoms with van der Waals surface area (Å²) < 4.78 is 0. The van der Waals surface area contributed by atoms with Gasteiger partial charge in [-0.2, -0.15) is 10.2 Å². The van der Waals surface area contributed by atoms with E-state index in [1.165, 1.54) is 6.07 Å². The third-order valence-electron chi connectivity index (χ3n) is 2.10. The maximum absolute atomic E-state index is 10.5. The second kappa shape index (κ2) is 5.37. The van der Waals surface area contributed by atoms with Crippen molar-refractivity contribution < 1.29 is 4.92 Å². The molecule has 0 atom stereocenters. The first-order valence-electron chi connectivity index (χ1n) is 4.97. The van der Waals surface area contributed by atoms with Gasteiger partial charge in [0.25, 0.3) is 5.69 Å². The molecule has 2 rings (SSSR count). The standard InChI is InChI=1S/C10H8ClN5O2/c11-9-4-8(16(17)18)6-13-10(9)12-5-7-2-1-3-14-15-7/h1-4,6H,5H2,(H,12,13). The van der Waals surface area contributed by atoms with Crippen LogP contribution in [0.15, 0.2) is 30.6 Å². The number of hydrogen-bond donors (Lipinski definition) is 1. The fourth-order valence-corrected chi connectivity index (χ4v) is 1.49. The van der Waals surface area contributed by atoms with Gasteiger partial charge in [0.1, 0.15) is 12.0 Å². The van der Waals surface area contributed by atoms with E-state index in [2.05, 4.69) is 20.5 Å². The molecule has 1 N–H and O–H groups in total. The summed E-state index contributed by atoms with van der Waals surface area (Å²) in [6, 6.07) is 4.79. The van der Waals surface area contributed by atoms with Crippen LogP contribution < -0.4 is 5.32 Å². The van der Waals surface area contributed by atoms with Gasteiger partial charge in [-0.15, -0.1) is 0 Å². The number of pyridine rings is 1. The van der Waals surface area contributed by atoms with Crippen LogP contribution in [0.25, 0.3) is 0 Å². The molecule has 0 amide bonds. The number of anilines is 1. The zero-order valence-electron chi connectivity index (χ0n) is 9.08. The lowest BCUT2D eigenvalue weighted by atomic mass is 10.3. The molecule has 0 aliphatic heterocycles. The van der Waals surface area contributed by atoms with E-state index >= 15 is 0 Å². The van der Waals surface area contributed by atoms with Crippen LogP contribution in [0.4, 0.5) is 11.5 Å². The molecule has 2 aromatic heterocycles. The van der Waals surface area contributed by atoms with Gasteiger partial charge in [-0.25, -0.2) is 4.98 Å². The molecule has 0 unspecified atom stereocenters. The van der Waals surface area contributed by atoms with Crippen molar-refractivity contribution in [3.05, 3.63) is 51.4 Å². The Bertz CT molecular complexity index is 563. The quantitative estimate of drug-likeness (QED) is 0.671. The Kier molecular flexibility index (Phi) is 3.63. The molecule has 7 nitrogen and oxygen atoms in total. The molecule has 2 heterocycles. The van der Waals surface area contributed by atoms with Crippen LogP contribution in [-0.4, -0.2) is 20.1 Å². The SMILES string of the molecule is O=[N+]([O-])c1cnc(NCc2cccnn2)c(Cl)c1. The van der Waals surface area contributed by atoms with Crippen molar-refractivity contribution in [2.24, 2.45) is 0 Å². The minimum Gasteiger partial charge on any atom is -0.363 e. The van der Waals surface area contributed by atoms with Crippen molar-refractivity contribution in [2.45, 2.75) is 6.54 Å². The largest absolute Gasteiger partial charge is 0.363 e. The molecule has 18 heavy (non-hydrogen) atoms. The highest BCUT2D eigenvalue weighted by atomic mass is 35.5. The van der Waals surface area contributed by atoms with Gasteiger partial charge in [-0.1, -0.05) is 11.6 Å². The zero-order valence-corrected chi connectivity index (χ0v) is 9.83. The highest BCUT2D eigenvalue weighted by Crippen LogP contribution is 2.23. The maximum atomic E-state index is 10.5. The summed E-state index contributed by atoms with van der Waals surface area (Å²) in [4.78, 5) is 13.8. The summed E-state index contributed by atoms with van der Waals surface area (Å²) >= 11 is 5.87. The fraction of sp³-hybridized carbons (Fsp3) is 0.100. The van der Waals surface area contributed by atoms with E-state index in [0.717, 1.165) is 6.20 Å². The van der Waals surface area contributed by atoms with Crippen LogP contribution in [0.1, 0.15) is 5.69 Å². The first-order valence-corrected chi connectivity index (χ1v) is 5.35. The lowest BCUT2D eigenvalue weighted by Crippen LogP contribution is -2.04. The van der Waals surface area contributed by atoms with Crippen LogP contribution in [0.2, 0.25) is 5.02 Å². The van der Waals surface area contributed by atoms with Crippen molar-refractivity contribution in [3.8, 4) is 0 Å². The first-order chi connectivity index (χ1) is 8.66. The van der Waals surface area contributed by atoms with E-state index in [1.807, 2.05) is 0 Å². The van der Waals surface area contributed by atoms with Crippen molar-refractivity contribution in [2.75, 3.05) is 5.32 Å². The van der Waals surface area contributed by atoms with Gasteiger partial charge >= 0.3 is 0 Å². The second-order valence-corrected chi connectivity index (χ2v) is 3.76. The molecule has 0 saturated heterocycles. The van der Waals surface area contributed by atoms with Gasteiger partial charge in [-0.3, -0.25) is 10.1 Å². The summed E-state index contributed by atoms with van der Waals surface area (Å²) in [7, 11) is 0. The number of nitrogens with zero attached hydrogens (tertiary/aromatic N) is 4. The Labute approximate surface area is 107 Å². The lowest BCUT2D eigenvalue weighted by molar-refractivity contribution is -0.385. The summed E-state index contributed by atoms with van der Waals surface area (Å²) in [6.07, 6.45) is 2.71. The lowest BCUT2D eigenvalue weighted by Gasteiger charge is -2.05. The molecule has 0 aliphatic rings. The number of rotatable bonds is 4. The summed E-state index contributed by atoms with van der Waals surface area (Å²) in [5, 5.41) is 21.2. The highest BCUT2D eigenvalue weighted by Gasteiger charge is 2.10. The van der Waals surface area contributed by atoms with Crippen molar-refractivity contribution in [1.29, 1.82) is 0 Å². The second-order valence-electron chi connectivity index (χ2n) is 3.35. The average Bonchev–Trinajstić information content (AvgIpc) is 2.38. The molecule has 0 fully saturated rings. The Morgan fingerprint density at radius 1 is 1.50 bits per heavy atom. The predicted octanol–water partition coefficient (Wildman–Crippen LogP) is 2.05. The van der Waals surface area contributed by atoms with E-state index in [1.54, 1.807) is 18.3 Å². The highest BCUT2D eigenvalue weighted by molar-refractivity contribution is 6.33. The fourth-order valence-electron chi connectivity index (χ4n) is 1.26. The van der Waals surface area contributed by atoms with Crippen molar-refractivity contribution >= 4 is 23.1 Å². The summed E-state index contributed by atoms with van der Waals surface area (Å²) in [5.41, 5.74) is 0.568. The normalized spacial score (nSPS) is 10.1. The minimum atomic E-state index is -0.550. The number of aromatic nitrogens is 3. The van der Waals surface area contributed by atoms with E-state index in [9.17, 15) is 10.1 Å². The summed E-state index contributed by atoms with van der Waals surface area (Å²) in [5.74, 6) is 0.368. The molecule has 92 valence electrons. The van der Waals surface area contributed by atoms with Gasteiger partial charge in [0.2, 0.25) is 0 Å².